The van der Waals surface area contributed by atoms with E-state index in [2.05, 4.69) is 20.4 Å². The van der Waals surface area contributed by atoms with Gasteiger partial charge in [-0.15, -0.1) is 0 Å². The van der Waals surface area contributed by atoms with Crippen LogP contribution in [0.15, 0.2) is 96.6 Å². The summed E-state index contributed by atoms with van der Waals surface area (Å²) in [5.74, 6) is -2.34. The van der Waals surface area contributed by atoms with Crippen molar-refractivity contribution in [3.05, 3.63) is 108 Å². The van der Waals surface area contributed by atoms with Crippen molar-refractivity contribution in [2.45, 2.75) is 71.2 Å². The second kappa shape index (κ2) is 11.7. The second-order valence-corrected chi connectivity index (χ2v) is 13.9. The Kier molecular flexibility index (Phi) is 8.07. The Labute approximate surface area is 265 Å². The molecule has 1 N–H and O–H groups in total. The first-order valence-electron chi connectivity index (χ1n) is 16.0. The summed E-state index contributed by atoms with van der Waals surface area (Å²) in [6.45, 7) is 12.4. The molecule has 7 atom stereocenters. The van der Waals surface area contributed by atoms with Crippen molar-refractivity contribution < 1.29 is 29.0 Å². The molecule has 6 heteroatoms. The van der Waals surface area contributed by atoms with Gasteiger partial charge in [0.15, 0.2) is 5.78 Å². The summed E-state index contributed by atoms with van der Waals surface area (Å²) in [6, 6.07) is 22.3. The fourth-order valence-corrected chi connectivity index (χ4v) is 8.03. The Morgan fingerprint density at radius 3 is 2.42 bits per heavy atom. The number of esters is 2. The van der Waals surface area contributed by atoms with E-state index in [-0.39, 0.29) is 30.1 Å². The molecule has 0 aromatic heterocycles. The number of rotatable bonds is 5. The average molecular weight is 607 g/mol. The number of ether oxygens (including phenoxy) is 2. The van der Waals surface area contributed by atoms with Gasteiger partial charge < -0.3 is 14.6 Å². The van der Waals surface area contributed by atoms with Crippen LogP contribution in [0.25, 0.3) is 10.8 Å². The van der Waals surface area contributed by atoms with Crippen molar-refractivity contribution in [2.75, 3.05) is 0 Å². The fourth-order valence-electron chi connectivity index (χ4n) is 8.03. The molecular formula is C39H42O6. The third kappa shape index (κ3) is 5.65. The number of ketones is 1. The highest BCUT2D eigenvalue weighted by Crippen LogP contribution is 2.62. The molecule has 0 unspecified atom stereocenters. The first-order valence-corrected chi connectivity index (χ1v) is 16.0. The molecule has 3 aromatic rings. The number of Topliss-reactive ketones (excluding diaryl/α,β-unsaturated/α-hetero) is 1. The Bertz CT molecular complexity index is 1680. The van der Waals surface area contributed by atoms with E-state index in [1.165, 1.54) is 0 Å². The Morgan fingerprint density at radius 2 is 1.67 bits per heavy atom. The molecule has 0 aliphatic heterocycles. The molecule has 0 spiro atoms. The van der Waals surface area contributed by atoms with Crippen molar-refractivity contribution in [3.63, 3.8) is 0 Å². The molecule has 2 saturated carbocycles. The standard InChI is InChI=1S/C39H42O6/c1-23-18-19-30-31(38(30,4)5)20-24(2)36(41)39(43)22-25(3)35(45-37(42)27-13-7-6-8-14-27)33(39)34(23)44-32(40)21-28-16-11-15-26-12-9-10-17-29(26)28/h6-17,20,25,30-31,33-35,43H,1,18-19,21-22H2,2-5H3/b24-20+/t25-,30-,31+,33-,34-,35-,39+/m0/s1. The lowest BCUT2D eigenvalue weighted by Crippen LogP contribution is -2.52. The molecular weight excluding hydrogens is 564 g/mol. The lowest BCUT2D eigenvalue weighted by molar-refractivity contribution is -0.162. The summed E-state index contributed by atoms with van der Waals surface area (Å²) in [6.07, 6.45) is 1.51. The Hall–Kier alpha value is -4.03. The first-order chi connectivity index (χ1) is 21.4. The smallest absolute Gasteiger partial charge is 0.338 e. The summed E-state index contributed by atoms with van der Waals surface area (Å²) in [4.78, 5) is 41.4. The molecule has 3 aliphatic rings. The average Bonchev–Trinajstić information content (AvgIpc) is 3.43. The van der Waals surface area contributed by atoms with Crippen LogP contribution in [0, 0.1) is 29.1 Å². The highest BCUT2D eigenvalue weighted by atomic mass is 16.6. The number of carbonyl (C=O) groups is 3. The molecule has 0 radical (unpaired) electrons. The van der Waals surface area contributed by atoms with Crippen LogP contribution in [0.2, 0.25) is 0 Å². The molecule has 234 valence electrons. The molecule has 45 heavy (non-hydrogen) atoms. The fraction of sp³-hybridized carbons (Fsp3) is 0.410. The molecule has 6 nitrogen and oxygen atoms in total. The maximum Gasteiger partial charge on any atom is 0.338 e. The van der Waals surface area contributed by atoms with Crippen LogP contribution in [0.1, 0.15) is 62.9 Å². The zero-order chi connectivity index (χ0) is 32.1. The van der Waals surface area contributed by atoms with Crippen molar-refractivity contribution in [3.8, 4) is 0 Å². The minimum absolute atomic E-state index is 0.00487. The van der Waals surface area contributed by atoms with Gasteiger partial charge >= 0.3 is 11.9 Å². The van der Waals surface area contributed by atoms with Crippen molar-refractivity contribution in [1.82, 2.24) is 0 Å². The van der Waals surface area contributed by atoms with Crippen LogP contribution in [0.3, 0.4) is 0 Å². The van der Waals surface area contributed by atoms with Gasteiger partial charge in [0, 0.05) is 0 Å². The quantitative estimate of drug-likeness (QED) is 0.247. The van der Waals surface area contributed by atoms with E-state index in [0.717, 1.165) is 22.8 Å². The van der Waals surface area contributed by atoms with E-state index in [4.69, 9.17) is 9.47 Å². The van der Waals surface area contributed by atoms with Crippen LogP contribution < -0.4 is 0 Å². The zero-order valence-electron chi connectivity index (χ0n) is 26.5. The highest BCUT2D eigenvalue weighted by molar-refractivity contribution is 6.02. The first kappa shape index (κ1) is 31.0. The maximum atomic E-state index is 14.2. The summed E-state index contributed by atoms with van der Waals surface area (Å²) < 4.78 is 12.4. The van der Waals surface area contributed by atoms with Crippen LogP contribution in [0.5, 0.6) is 0 Å². The maximum absolute atomic E-state index is 14.2. The number of carbonyl (C=O) groups excluding carboxylic acids is 3. The summed E-state index contributed by atoms with van der Waals surface area (Å²) in [7, 11) is 0. The summed E-state index contributed by atoms with van der Waals surface area (Å²) >= 11 is 0. The SMILES string of the molecule is C=C1CC[C@H]2[C@@H](/C=C(\C)C(=O)[C@@]3(O)C[C@H](C)[C@H](OC(=O)c4ccccc4)[C@@H]3[C@H]1OC(=O)Cc1cccc3ccccc13)C2(C)C. The van der Waals surface area contributed by atoms with E-state index in [1.54, 1.807) is 31.2 Å². The molecule has 0 amide bonds. The largest absolute Gasteiger partial charge is 0.458 e. The van der Waals surface area contributed by atoms with Gasteiger partial charge in [-0.1, -0.05) is 94.1 Å². The van der Waals surface area contributed by atoms with Gasteiger partial charge in [0.2, 0.25) is 0 Å². The number of allylic oxidation sites excluding steroid dienone is 1. The van der Waals surface area contributed by atoms with E-state index in [9.17, 15) is 19.5 Å². The molecule has 2 fully saturated rings. The number of aliphatic hydroxyl groups is 1. The second-order valence-electron chi connectivity index (χ2n) is 13.9. The third-order valence-corrected chi connectivity index (χ3v) is 10.7. The van der Waals surface area contributed by atoms with Gasteiger partial charge in [-0.2, -0.15) is 0 Å². The van der Waals surface area contributed by atoms with Gasteiger partial charge in [-0.3, -0.25) is 9.59 Å². The zero-order valence-corrected chi connectivity index (χ0v) is 26.5. The van der Waals surface area contributed by atoms with Gasteiger partial charge in [-0.25, -0.2) is 4.79 Å². The van der Waals surface area contributed by atoms with Gasteiger partial charge in [0.05, 0.1) is 17.9 Å². The molecule has 0 saturated heterocycles. The predicted octanol–water partition coefficient (Wildman–Crippen LogP) is 7.04. The predicted molar refractivity (Wildman–Crippen MR) is 173 cm³/mol. The van der Waals surface area contributed by atoms with E-state index in [1.807, 2.05) is 61.5 Å². The van der Waals surface area contributed by atoms with E-state index >= 15 is 0 Å². The number of hydrogen-bond acceptors (Lipinski definition) is 6. The topological polar surface area (TPSA) is 89.9 Å². The Balaban J connectivity index is 1.39. The monoisotopic (exact) mass is 606 g/mol. The number of hydrogen-bond donors (Lipinski definition) is 1. The lowest BCUT2D eigenvalue weighted by atomic mass is 9.77. The molecule has 6 rings (SSSR count). The van der Waals surface area contributed by atoms with Crippen LogP contribution in [0.4, 0.5) is 0 Å². The van der Waals surface area contributed by atoms with Crippen LogP contribution >= 0.6 is 0 Å². The molecule has 3 aliphatic carbocycles. The van der Waals surface area contributed by atoms with E-state index < -0.39 is 41.4 Å². The summed E-state index contributed by atoms with van der Waals surface area (Å²) in [5.41, 5.74) is 0.380. The minimum atomic E-state index is -1.92. The molecule has 3 aromatic carbocycles. The minimum Gasteiger partial charge on any atom is -0.458 e. The van der Waals surface area contributed by atoms with Crippen molar-refractivity contribution >= 4 is 28.5 Å². The van der Waals surface area contributed by atoms with E-state index in [0.29, 0.717) is 29.0 Å². The molecule has 0 bridgehead atoms. The van der Waals surface area contributed by atoms with Crippen molar-refractivity contribution in [1.29, 1.82) is 0 Å². The third-order valence-electron chi connectivity index (χ3n) is 10.7. The molecule has 0 heterocycles. The van der Waals surface area contributed by atoms with Crippen LogP contribution in [-0.4, -0.2) is 40.6 Å². The van der Waals surface area contributed by atoms with Gasteiger partial charge in [0.1, 0.15) is 17.8 Å². The van der Waals surface area contributed by atoms with Crippen LogP contribution in [-0.2, 0) is 25.5 Å². The van der Waals surface area contributed by atoms with Gasteiger partial charge in [-0.05, 0) is 89.0 Å². The number of fused-ring (bicyclic) bond motifs is 3. The Morgan fingerprint density at radius 1 is 0.978 bits per heavy atom. The van der Waals surface area contributed by atoms with Gasteiger partial charge in [0.25, 0.3) is 0 Å². The number of benzene rings is 3. The summed E-state index contributed by atoms with van der Waals surface area (Å²) in [5, 5.41) is 14.4. The highest BCUT2D eigenvalue weighted by Gasteiger charge is 2.63. The lowest BCUT2D eigenvalue weighted by Gasteiger charge is -2.37. The van der Waals surface area contributed by atoms with Crippen molar-refractivity contribution in [2.24, 2.45) is 29.1 Å². The normalized spacial score (nSPS) is 32.0.